The van der Waals surface area contributed by atoms with E-state index in [1.807, 2.05) is 30.0 Å². The number of aliphatic hydroxyl groups excluding tert-OH is 1. The van der Waals surface area contributed by atoms with Crippen molar-refractivity contribution in [2.75, 3.05) is 11.4 Å². The number of fused-ring (bicyclic) bond motifs is 1. The maximum absolute atomic E-state index is 13.9. The predicted molar refractivity (Wildman–Crippen MR) is 150 cm³/mol. The van der Waals surface area contributed by atoms with Gasteiger partial charge >= 0.3 is 13.1 Å². The summed E-state index contributed by atoms with van der Waals surface area (Å²) in [5.41, 5.74) is 7.44. The van der Waals surface area contributed by atoms with Crippen LogP contribution in [0.1, 0.15) is 70.9 Å². The van der Waals surface area contributed by atoms with Gasteiger partial charge in [0.1, 0.15) is 12.3 Å². The van der Waals surface area contributed by atoms with Crippen LogP contribution < -0.4 is 16.1 Å². The molecule has 1 heterocycles. The number of aliphatic carboxylic acids is 1. The maximum Gasteiger partial charge on any atom is 0.491 e. The first-order valence-corrected chi connectivity index (χ1v) is 14.3. The minimum atomic E-state index is -1.09. The summed E-state index contributed by atoms with van der Waals surface area (Å²) in [5.74, 6) is -1.03. The number of hydrogen-bond acceptors (Lipinski definition) is 7. The summed E-state index contributed by atoms with van der Waals surface area (Å²) in [6.45, 7) is 12.8. The van der Waals surface area contributed by atoms with Crippen molar-refractivity contribution in [1.29, 1.82) is 0 Å². The lowest BCUT2D eigenvalue weighted by Gasteiger charge is -2.64. The quantitative estimate of drug-likeness (QED) is 0.321. The van der Waals surface area contributed by atoms with Crippen LogP contribution in [0.5, 0.6) is 0 Å². The number of carbonyl (C=O) groups excluding carboxylic acids is 1. The molecule has 3 fully saturated rings. The number of hydrogen-bond donors (Lipinski definition) is 4. The molecule has 9 heteroatoms. The van der Waals surface area contributed by atoms with Gasteiger partial charge in [-0.1, -0.05) is 39.8 Å². The Bertz CT molecular complexity index is 1190. The standard InChI is InChI=1S/C30H43BN2O6/c1-6-28(4)13-24(29(5)17(2)7-9-30(18(3)27(28)37)10-8-23(34)26(29)30)33(15-25(35)36)22-12-21-20(11-19(22)14-32)16-39-31(21)38/h6,11-12,17-18,24,26-27,37-38H,1,7-10,13-16,32H2,2-5H3,(H,35,36)/t17-,18+,24-,26+,27+,28-,29+,30+/m1/s1. The average Bonchev–Trinajstić information content (AvgIpc) is 3.46. The number of carboxylic acid groups (broad SMARTS) is 1. The SMILES string of the molecule is C=C[C@]1(C)C[C@@H](N(CC(=O)O)c2cc3c(cc2CN)COB3O)[C@]2(C)[C@H](C)CC[C@]3(CCC(=O)[C@H]32)[C@@H](C)[C@@H]1O. The van der Waals surface area contributed by atoms with Crippen molar-refractivity contribution in [2.45, 2.75) is 85.1 Å². The molecule has 0 unspecified atom stereocenters. The third-order valence-corrected chi connectivity index (χ3v) is 11.5. The third-order valence-electron chi connectivity index (χ3n) is 11.5. The first-order valence-electron chi connectivity index (χ1n) is 14.3. The number of nitrogens with two attached hydrogens (primary N) is 1. The Kier molecular flexibility index (Phi) is 7.06. The van der Waals surface area contributed by atoms with Gasteiger partial charge in [-0.25, -0.2) is 0 Å². The zero-order valence-electron chi connectivity index (χ0n) is 23.7. The first kappa shape index (κ1) is 28.3. The molecule has 0 aromatic heterocycles. The second-order valence-corrected chi connectivity index (χ2v) is 13.2. The molecule has 0 saturated heterocycles. The van der Waals surface area contributed by atoms with Crippen molar-refractivity contribution in [1.82, 2.24) is 0 Å². The molecule has 0 amide bonds. The molecule has 1 aromatic rings. The predicted octanol–water partition coefficient (Wildman–Crippen LogP) is 2.62. The molecule has 1 aromatic carbocycles. The normalized spacial score (nSPS) is 39.5. The summed E-state index contributed by atoms with van der Waals surface area (Å²) >= 11 is 0. The van der Waals surface area contributed by atoms with Crippen molar-refractivity contribution in [3.05, 3.63) is 35.9 Å². The van der Waals surface area contributed by atoms with E-state index < -0.39 is 36.1 Å². The maximum atomic E-state index is 13.9. The molecule has 5 N–H and O–H groups in total. The summed E-state index contributed by atoms with van der Waals surface area (Å²) < 4.78 is 5.46. The number of benzene rings is 1. The molecule has 212 valence electrons. The molecule has 4 aliphatic rings. The van der Waals surface area contributed by atoms with Gasteiger partial charge in [0.05, 0.1) is 12.7 Å². The fraction of sp³-hybridized carbons (Fsp3) is 0.667. The van der Waals surface area contributed by atoms with Crippen LogP contribution >= 0.6 is 0 Å². The molecule has 0 spiro atoms. The second kappa shape index (κ2) is 9.72. The van der Waals surface area contributed by atoms with Crippen LogP contribution in [-0.4, -0.2) is 52.8 Å². The van der Waals surface area contributed by atoms with Gasteiger partial charge in [0.2, 0.25) is 0 Å². The van der Waals surface area contributed by atoms with E-state index in [1.54, 1.807) is 0 Å². The summed E-state index contributed by atoms with van der Waals surface area (Å²) in [5, 5.41) is 32.7. The topological polar surface area (TPSA) is 133 Å². The Morgan fingerprint density at radius 1 is 1.31 bits per heavy atom. The highest BCUT2D eigenvalue weighted by Crippen LogP contribution is 2.68. The van der Waals surface area contributed by atoms with Crippen LogP contribution in [0.15, 0.2) is 24.8 Å². The van der Waals surface area contributed by atoms with Gasteiger partial charge in [0.25, 0.3) is 0 Å². The number of ketones is 1. The lowest BCUT2D eigenvalue weighted by atomic mass is 9.43. The van der Waals surface area contributed by atoms with E-state index in [0.29, 0.717) is 24.0 Å². The molecule has 3 saturated carbocycles. The fourth-order valence-electron chi connectivity index (χ4n) is 9.07. The average molecular weight is 538 g/mol. The van der Waals surface area contributed by atoms with Crippen LogP contribution in [-0.2, 0) is 27.4 Å². The molecule has 2 bridgehead atoms. The highest BCUT2D eigenvalue weighted by Gasteiger charge is 2.68. The number of Topliss-reactive ketones (excluding diaryl/α,β-unsaturated/α-hetero) is 1. The molecule has 3 aliphatic carbocycles. The van der Waals surface area contributed by atoms with Crippen LogP contribution in [0.3, 0.4) is 0 Å². The van der Waals surface area contributed by atoms with E-state index in [4.69, 9.17) is 10.4 Å². The summed E-state index contributed by atoms with van der Waals surface area (Å²) in [7, 11) is -1.09. The van der Waals surface area contributed by atoms with Crippen LogP contribution in [0.4, 0.5) is 5.69 Å². The Balaban J connectivity index is 1.78. The van der Waals surface area contributed by atoms with Gasteiger partial charge in [0.15, 0.2) is 0 Å². The van der Waals surface area contributed by atoms with Crippen LogP contribution in [0.25, 0.3) is 0 Å². The van der Waals surface area contributed by atoms with Crippen LogP contribution in [0.2, 0.25) is 0 Å². The van der Waals surface area contributed by atoms with Gasteiger partial charge in [-0.3, -0.25) is 9.59 Å². The fourth-order valence-corrected chi connectivity index (χ4v) is 9.07. The van der Waals surface area contributed by atoms with Crippen molar-refractivity contribution < 1.29 is 29.5 Å². The number of rotatable bonds is 6. The van der Waals surface area contributed by atoms with Crippen molar-refractivity contribution in [3.8, 4) is 0 Å². The monoisotopic (exact) mass is 538 g/mol. The van der Waals surface area contributed by atoms with E-state index in [-0.39, 0.29) is 48.6 Å². The van der Waals surface area contributed by atoms with Crippen LogP contribution in [0, 0.1) is 34.0 Å². The molecule has 1 aliphatic heterocycles. The van der Waals surface area contributed by atoms with Gasteiger partial charge in [-0.05, 0) is 65.6 Å². The number of nitrogens with zero attached hydrogens (tertiary/aromatic N) is 1. The minimum Gasteiger partial charge on any atom is -0.480 e. The number of carboxylic acids is 1. The van der Waals surface area contributed by atoms with Crippen molar-refractivity contribution in [3.63, 3.8) is 0 Å². The lowest BCUT2D eigenvalue weighted by Crippen LogP contribution is -2.66. The Morgan fingerprint density at radius 2 is 2.03 bits per heavy atom. The molecule has 0 radical (unpaired) electrons. The van der Waals surface area contributed by atoms with Crippen molar-refractivity contribution >= 4 is 30.0 Å². The molecule has 39 heavy (non-hydrogen) atoms. The number of carbonyl (C=O) groups is 2. The van der Waals surface area contributed by atoms with Gasteiger partial charge in [-0.2, -0.15) is 0 Å². The Morgan fingerprint density at radius 3 is 2.67 bits per heavy atom. The largest absolute Gasteiger partial charge is 0.491 e. The Labute approximate surface area is 231 Å². The third kappa shape index (κ3) is 4.03. The van der Waals surface area contributed by atoms with Gasteiger partial charge in [-0.15, -0.1) is 6.58 Å². The minimum absolute atomic E-state index is 0.107. The van der Waals surface area contributed by atoms with Gasteiger partial charge in [0, 0.05) is 41.4 Å². The number of anilines is 1. The van der Waals surface area contributed by atoms with E-state index in [2.05, 4.69) is 27.4 Å². The van der Waals surface area contributed by atoms with Crippen molar-refractivity contribution in [2.24, 2.45) is 39.7 Å². The number of aliphatic hydroxyl groups is 1. The molecular formula is C30H43BN2O6. The Hall–Kier alpha value is -2.20. The molecule has 8 atom stereocenters. The van der Waals surface area contributed by atoms with Gasteiger partial charge < -0.3 is 30.5 Å². The lowest BCUT2D eigenvalue weighted by molar-refractivity contribution is -0.164. The smallest absolute Gasteiger partial charge is 0.480 e. The highest BCUT2D eigenvalue weighted by molar-refractivity contribution is 6.61. The summed E-state index contributed by atoms with van der Waals surface area (Å²) in [6, 6.07) is 3.31. The van der Waals surface area contributed by atoms with E-state index in [1.165, 1.54) is 0 Å². The van der Waals surface area contributed by atoms with E-state index in [9.17, 15) is 24.8 Å². The van der Waals surface area contributed by atoms with E-state index >= 15 is 0 Å². The molecular weight excluding hydrogens is 495 g/mol. The molecule has 5 rings (SSSR count). The highest BCUT2D eigenvalue weighted by atomic mass is 16.5. The zero-order chi connectivity index (χ0) is 28.5. The van der Waals surface area contributed by atoms with E-state index in [0.717, 1.165) is 30.4 Å². The zero-order valence-corrected chi connectivity index (χ0v) is 23.7. The first-order chi connectivity index (χ1) is 18.3. The summed E-state index contributed by atoms with van der Waals surface area (Å²) in [4.78, 5) is 28.2. The summed E-state index contributed by atoms with van der Waals surface area (Å²) in [6.07, 6.45) is 4.51. The molecule has 8 nitrogen and oxygen atoms in total. The second-order valence-electron chi connectivity index (χ2n) is 13.2.